The van der Waals surface area contributed by atoms with Crippen molar-refractivity contribution in [1.82, 2.24) is 4.31 Å². The minimum Gasteiger partial charge on any atom is -0.207 e. The molecule has 0 atom stereocenters. The van der Waals surface area contributed by atoms with Crippen LogP contribution in [-0.4, -0.2) is 26.3 Å². The van der Waals surface area contributed by atoms with Crippen LogP contribution in [-0.2, 0) is 10.0 Å². The molecule has 0 aromatic heterocycles. The maximum Gasteiger partial charge on any atom is 0.244 e. The number of nitrogens with zero attached hydrogens (tertiary/aromatic N) is 1. The third-order valence-corrected chi connectivity index (χ3v) is 6.13. The molecule has 1 aromatic carbocycles. The summed E-state index contributed by atoms with van der Waals surface area (Å²) in [5.74, 6) is -0.133. The van der Waals surface area contributed by atoms with Gasteiger partial charge < -0.3 is 0 Å². The predicted octanol–water partition coefficient (Wildman–Crippen LogP) is 3.68. The largest absolute Gasteiger partial charge is 0.244 e. The Kier molecular flexibility index (Phi) is 5.04. The molecule has 3 nitrogen and oxygen atoms in total. The lowest BCUT2D eigenvalue weighted by Crippen LogP contribution is -2.32. The maximum atomic E-state index is 13.0. The normalized spacial score (nSPS) is 17.6. The minimum atomic E-state index is -3.65. The Morgan fingerprint density at radius 1 is 1.30 bits per heavy atom. The highest BCUT2D eigenvalue weighted by molar-refractivity contribution is 7.89. The van der Waals surface area contributed by atoms with Gasteiger partial charge in [-0.25, -0.2) is 17.1 Å². The van der Waals surface area contributed by atoms with Gasteiger partial charge in [-0.3, -0.25) is 0 Å². The molecule has 0 N–H and O–H groups in total. The van der Waals surface area contributed by atoms with Crippen molar-refractivity contribution < 1.29 is 12.8 Å². The predicted molar refractivity (Wildman–Crippen MR) is 77.8 cm³/mol. The van der Waals surface area contributed by atoms with E-state index in [2.05, 4.69) is 0 Å². The monoisotopic (exact) mass is 319 g/mol. The van der Waals surface area contributed by atoms with E-state index in [-0.39, 0.29) is 9.92 Å². The molecule has 0 heterocycles. The SMILES string of the molecule is CN(CC1CCCCC1)S(=O)(=O)c1ccc(F)cc1Cl. The third kappa shape index (κ3) is 3.51. The highest BCUT2D eigenvalue weighted by atomic mass is 35.5. The van der Waals surface area contributed by atoms with Crippen molar-refractivity contribution in [3.8, 4) is 0 Å². The highest BCUT2D eigenvalue weighted by Gasteiger charge is 2.26. The summed E-state index contributed by atoms with van der Waals surface area (Å²) in [6.07, 6.45) is 5.69. The Labute approximate surface area is 124 Å². The minimum absolute atomic E-state index is 0.0288. The van der Waals surface area contributed by atoms with E-state index in [4.69, 9.17) is 11.6 Å². The van der Waals surface area contributed by atoms with Crippen molar-refractivity contribution in [2.75, 3.05) is 13.6 Å². The molecule has 112 valence electrons. The zero-order valence-corrected chi connectivity index (χ0v) is 13.1. The fourth-order valence-electron chi connectivity index (χ4n) is 2.68. The van der Waals surface area contributed by atoms with Crippen LogP contribution in [0.15, 0.2) is 23.1 Å². The van der Waals surface area contributed by atoms with Crippen LogP contribution in [0.2, 0.25) is 5.02 Å². The van der Waals surface area contributed by atoms with Gasteiger partial charge >= 0.3 is 0 Å². The molecule has 6 heteroatoms. The summed E-state index contributed by atoms with van der Waals surface area (Å²) in [7, 11) is -2.09. The van der Waals surface area contributed by atoms with E-state index in [9.17, 15) is 12.8 Å². The molecule has 1 aromatic rings. The first-order chi connectivity index (χ1) is 9.41. The first-order valence-corrected chi connectivity index (χ1v) is 8.64. The Morgan fingerprint density at radius 2 is 1.95 bits per heavy atom. The maximum absolute atomic E-state index is 13.0. The zero-order chi connectivity index (χ0) is 14.8. The van der Waals surface area contributed by atoms with E-state index >= 15 is 0 Å². The van der Waals surface area contributed by atoms with Crippen molar-refractivity contribution in [2.24, 2.45) is 5.92 Å². The van der Waals surface area contributed by atoms with Gasteiger partial charge in [0.2, 0.25) is 10.0 Å². The van der Waals surface area contributed by atoms with Gasteiger partial charge in [0.15, 0.2) is 0 Å². The standard InChI is InChI=1S/C14H19ClFNO2S/c1-17(10-11-5-3-2-4-6-11)20(18,19)14-8-7-12(16)9-13(14)15/h7-9,11H,2-6,10H2,1H3. The van der Waals surface area contributed by atoms with E-state index in [0.29, 0.717) is 12.5 Å². The number of rotatable bonds is 4. The first-order valence-electron chi connectivity index (χ1n) is 6.82. The van der Waals surface area contributed by atoms with Crippen LogP contribution in [0.25, 0.3) is 0 Å². The average molecular weight is 320 g/mol. The molecule has 0 amide bonds. The van der Waals surface area contributed by atoms with E-state index in [1.165, 1.54) is 16.8 Å². The molecule has 0 aliphatic heterocycles. The molecule has 1 saturated carbocycles. The van der Waals surface area contributed by atoms with Gasteiger partial charge in [-0.15, -0.1) is 0 Å². The van der Waals surface area contributed by atoms with E-state index in [0.717, 1.165) is 37.8 Å². The fraction of sp³-hybridized carbons (Fsp3) is 0.571. The van der Waals surface area contributed by atoms with E-state index in [1.54, 1.807) is 7.05 Å². The molecule has 1 aliphatic carbocycles. The van der Waals surface area contributed by atoms with Crippen molar-refractivity contribution in [3.63, 3.8) is 0 Å². The number of halogens is 2. The van der Waals surface area contributed by atoms with Crippen LogP contribution in [0.1, 0.15) is 32.1 Å². The molecule has 1 aliphatic rings. The summed E-state index contributed by atoms with van der Waals surface area (Å²) >= 11 is 5.86. The number of hydrogen-bond donors (Lipinski definition) is 0. The van der Waals surface area contributed by atoms with Gasteiger partial charge in [0, 0.05) is 13.6 Å². The second kappa shape index (κ2) is 6.41. The Bertz CT molecular complexity index is 571. The van der Waals surface area contributed by atoms with Gasteiger partial charge in [-0.2, -0.15) is 0 Å². The lowest BCUT2D eigenvalue weighted by atomic mass is 9.89. The number of sulfonamides is 1. The zero-order valence-electron chi connectivity index (χ0n) is 11.5. The Hall–Kier alpha value is -0.650. The molecule has 0 spiro atoms. The molecule has 20 heavy (non-hydrogen) atoms. The molecule has 2 rings (SSSR count). The van der Waals surface area contributed by atoms with Crippen LogP contribution >= 0.6 is 11.6 Å². The van der Waals surface area contributed by atoms with Crippen LogP contribution < -0.4 is 0 Å². The summed E-state index contributed by atoms with van der Waals surface area (Å²) in [5.41, 5.74) is 0. The topological polar surface area (TPSA) is 37.4 Å². The van der Waals surface area contributed by atoms with Gasteiger partial charge in [-0.05, 0) is 37.0 Å². The van der Waals surface area contributed by atoms with Gasteiger partial charge in [0.05, 0.1) is 5.02 Å². The van der Waals surface area contributed by atoms with Gasteiger partial charge in [-0.1, -0.05) is 30.9 Å². The van der Waals surface area contributed by atoms with Crippen LogP contribution in [0.3, 0.4) is 0 Å². The van der Waals surface area contributed by atoms with E-state index < -0.39 is 15.8 Å². The molecular formula is C14H19ClFNO2S. The van der Waals surface area contributed by atoms with Gasteiger partial charge in [0.25, 0.3) is 0 Å². The first kappa shape index (κ1) is 15.7. The van der Waals surface area contributed by atoms with Crippen LogP contribution in [0, 0.1) is 11.7 Å². The Balaban J connectivity index is 2.16. The molecular weight excluding hydrogens is 301 g/mol. The van der Waals surface area contributed by atoms with Gasteiger partial charge in [0.1, 0.15) is 10.7 Å². The second-order valence-electron chi connectivity index (χ2n) is 5.36. The molecule has 0 bridgehead atoms. The quantitative estimate of drug-likeness (QED) is 0.849. The molecule has 0 saturated heterocycles. The smallest absolute Gasteiger partial charge is 0.207 e. The second-order valence-corrected chi connectivity index (χ2v) is 7.78. The summed E-state index contributed by atoms with van der Waals surface area (Å²) in [5, 5.41) is -0.0690. The van der Waals surface area contributed by atoms with Crippen molar-refractivity contribution in [2.45, 2.75) is 37.0 Å². The van der Waals surface area contributed by atoms with Crippen molar-refractivity contribution >= 4 is 21.6 Å². The fourth-order valence-corrected chi connectivity index (χ4v) is 4.43. The highest BCUT2D eigenvalue weighted by Crippen LogP contribution is 2.28. The summed E-state index contributed by atoms with van der Waals surface area (Å²) in [4.78, 5) is -0.0288. The summed E-state index contributed by atoms with van der Waals surface area (Å²) < 4.78 is 39.3. The molecule has 0 unspecified atom stereocenters. The van der Waals surface area contributed by atoms with Crippen LogP contribution in [0.5, 0.6) is 0 Å². The van der Waals surface area contributed by atoms with Crippen LogP contribution in [0.4, 0.5) is 4.39 Å². The summed E-state index contributed by atoms with van der Waals surface area (Å²) in [6, 6.07) is 3.38. The molecule has 1 fully saturated rings. The Morgan fingerprint density at radius 3 is 2.55 bits per heavy atom. The lowest BCUT2D eigenvalue weighted by Gasteiger charge is -2.26. The third-order valence-electron chi connectivity index (χ3n) is 3.82. The van der Waals surface area contributed by atoms with Crippen molar-refractivity contribution in [1.29, 1.82) is 0 Å². The summed E-state index contributed by atoms with van der Waals surface area (Å²) in [6.45, 7) is 0.496. The average Bonchev–Trinajstić information content (AvgIpc) is 2.39. The number of hydrogen-bond acceptors (Lipinski definition) is 2. The number of benzene rings is 1. The van der Waals surface area contributed by atoms with Crippen molar-refractivity contribution in [3.05, 3.63) is 29.0 Å². The van der Waals surface area contributed by atoms with E-state index in [1.807, 2.05) is 0 Å². The lowest BCUT2D eigenvalue weighted by molar-refractivity contribution is 0.300. The molecule has 0 radical (unpaired) electrons.